The van der Waals surface area contributed by atoms with Crippen molar-refractivity contribution in [2.24, 2.45) is 0 Å². The van der Waals surface area contributed by atoms with E-state index in [1.807, 2.05) is 0 Å². The van der Waals surface area contributed by atoms with Crippen LogP contribution in [-0.2, 0) is 8.85 Å². The molecule has 1 atom stereocenters. The Morgan fingerprint density at radius 1 is 1.33 bits per heavy atom. The van der Waals surface area contributed by atoms with Crippen molar-refractivity contribution in [1.29, 1.82) is 0 Å². The summed E-state index contributed by atoms with van der Waals surface area (Å²) in [5.41, 5.74) is 0.738. The fourth-order valence-electron chi connectivity index (χ4n) is 2.08. The molecule has 0 spiro atoms. The topological polar surface area (TPSA) is 18.5 Å². The Balaban J connectivity index is 2.51. The van der Waals surface area contributed by atoms with Crippen molar-refractivity contribution in [2.45, 2.75) is 44.7 Å². The van der Waals surface area contributed by atoms with Crippen LogP contribution in [-0.4, -0.2) is 22.3 Å². The van der Waals surface area contributed by atoms with E-state index in [2.05, 4.69) is 13.5 Å². The first kappa shape index (κ1) is 10.2. The molecule has 0 radical (unpaired) electrons. The van der Waals surface area contributed by atoms with Crippen molar-refractivity contribution < 1.29 is 8.85 Å². The third-order valence-corrected chi connectivity index (χ3v) is 6.67. The first-order chi connectivity index (χ1) is 5.73. The van der Waals surface area contributed by atoms with E-state index < -0.39 is 8.56 Å². The molecule has 0 aromatic heterocycles. The largest absolute Gasteiger partial charge is 0.398 e. The quantitative estimate of drug-likeness (QED) is 0.632. The van der Waals surface area contributed by atoms with Gasteiger partial charge in [0, 0.05) is 19.3 Å². The fourth-order valence-corrected chi connectivity index (χ4v) is 4.80. The third-order valence-electron chi connectivity index (χ3n) is 2.93. The van der Waals surface area contributed by atoms with E-state index >= 15 is 0 Å². The molecule has 3 heteroatoms. The van der Waals surface area contributed by atoms with Gasteiger partial charge in [-0.1, -0.05) is 12.8 Å². The standard InChI is InChI=1S/C9H20O2Si/c1-4-11-12(3,10-2)9-7-5-6-8-9/h9H,4-8H2,1-3H3. The molecule has 12 heavy (non-hydrogen) atoms. The molecule has 0 aliphatic heterocycles. The Hall–Kier alpha value is 0.137. The Kier molecular flexibility index (Phi) is 3.74. The SMILES string of the molecule is CCO[Si](C)(OC)C1CCCC1. The van der Waals surface area contributed by atoms with Crippen LogP contribution in [0.3, 0.4) is 0 Å². The first-order valence-electron chi connectivity index (χ1n) is 4.92. The summed E-state index contributed by atoms with van der Waals surface area (Å²) < 4.78 is 11.4. The second-order valence-corrected chi connectivity index (χ2v) is 7.18. The van der Waals surface area contributed by atoms with Gasteiger partial charge in [-0.2, -0.15) is 0 Å². The van der Waals surface area contributed by atoms with Gasteiger partial charge in [0.1, 0.15) is 0 Å². The number of hydrogen-bond acceptors (Lipinski definition) is 2. The molecule has 0 aromatic rings. The van der Waals surface area contributed by atoms with Crippen LogP contribution in [0.1, 0.15) is 32.6 Å². The highest BCUT2D eigenvalue weighted by atomic mass is 28.4. The lowest BCUT2D eigenvalue weighted by molar-refractivity contribution is 0.204. The van der Waals surface area contributed by atoms with E-state index in [4.69, 9.17) is 8.85 Å². The maximum absolute atomic E-state index is 5.78. The lowest BCUT2D eigenvalue weighted by Gasteiger charge is -2.30. The molecule has 1 saturated carbocycles. The summed E-state index contributed by atoms with van der Waals surface area (Å²) in [6.07, 6.45) is 5.36. The highest BCUT2D eigenvalue weighted by Crippen LogP contribution is 2.39. The van der Waals surface area contributed by atoms with Crippen LogP contribution in [0.4, 0.5) is 0 Å². The van der Waals surface area contributed by atoms with E-state index in [1.54, 1.807) is 7.11 Å². The van der Waals surface area contributed by atoms with Gasteiger partial charge in [0.2, 0.25) is 0 Å². The lowest BCUT2D eigenvalue weighted by Crippen LogP contribution is -2.41. The minimum atomic E-state index is -1.79. The van der Waals surface area contributed by atoms with Crippen LogP contribution < -0.4 is 0 Å². The van der Waals surface area contributed by atoms with E-state index in [0.29, 0.717) is 0 Å². The zero-order valence-electron chi connectivity index (χ0n) is 8.43. The van der Waals surface area contributed by atoms with Crippen LogP contribution in [0.15, 0.2) is 0 Å². The Bertz CT molecular complexity index is 134. The summed E-state index contributed by atoms with van der Waals surface area (Å²) >= 11 is 0. The highest BCUT2D eigenvalue weighted by molar-refractivity contribution is 6.67. The molecule has 0 amide bonds. The summed E-state index contributed by atoms with van der Waals surface area (Å²) in [6, 6.07) is 0. The van der Waals surface area contributed by atoms with Gasteiger partial charge in [-0.15, -0.1) is 0 Å². The second-order valence-electron chi connectivity index (χ2n) is 3.63. The zero-order chi connectivity index (χ0) is 9.03. The maximum atomic E-state index is 5.78. The van der Waals surface area contributed by atoms with Crippen molar-refractivity contribution in [3.05, 3.63) is 0 Å². The molecular weight excluding hydrogens is 168 g/mol. The third kappa shape index (κ3) is 2.09. The molecule has 0 saturated heterocycles. The summed E-state index contributed by atoms with van der Waals surface area (Å²) in [7, 11) is 0.0154. The minimum absolute atomic E-state index is 0.738. The molecular formula is C9H20O2Si. The Labute approximate surface area is 76.5 Å². The summed E-state index contributed by atoms with van der Waals surface area (Å²) in [6.45, 7) is 5.05. The fraction of sp³-hybridized carbons (Fsp3) is 1.00. The van der Waals surface area contributed by atoms with Crippen LogP contribution in [0.2, 0.25) is 12.1 Å². The van der Waals surface area contributed by atoms with Gasteiger partial charge < -0.3 is 8.85 Å². The Morgan fingerprint density at radius 3 is 2.33 bits per heavy atom. The molecule has 1 fully saturated rings. The van der Waals surface area contributed by atoms with Gasteiger partial charge >= 0.3 is 8.56 Å². The molecule has 0 aromatic carbocycles. The summed E-state index contributed by atoms with van der Waals surface area (Å²) in [4.78, 5) is 0. The smallest absolute Gasteiger partial charge is 0.337 e. The van der Waals surface area contributed by atoms with Crippen molar-refractivity contribution >= 4 is 8.56 Å². The minimum Gasteiger partial charge on any atom is -0.398 e. The van der Waals surface area contributed by atoms with Gasteiger partial charge in [-0.3, -0.25) is 0 Å². The Morgan fingerprint density at radius 2 is 1.92 bits per heavy atom. The van der Waals surface area contributed by atoms with Gasteiger partial charge in [0.25, 0.3) is 0 Å². The highest BCUT2D eigenvalue weighted by Gasteiger charge is 2.41. The van der Waals surface area contributed by atoms with E-state index in [1.165, 1.54) is 25.7 Å². The van der Waals surface area contributed by atoms with Gasteiger partial charge in [0.15, 0.2) is 0 Å². The average Bonchev–Trinajstić information content (AvgIpc) is 2.57. The summed E-state index contributed by atoms with van der Waals surface area (Å²) in [5, 5.41) is 0. The van der Waals surface area contributed by atoms with Gasteiger partial charge in [-0.05, 0) is 26.3 Å². The molecule has 0 bridgehead atoms. The predicted molar refractivity (Wildman–Crippen MR) is 52.5 cm³/mol. The molecule has 72 valence electrons. The van der Waals surface area contributed by atoms with Crippen molar-refractivity contribution in [3.8, 4) is 0 Å². The molecule has 2 nitrogen and oxygen atoms in total. The number of hydrogen-bond donors (Lipinski definition) is 0. The molecule has 1 rings (SSSR count). The summed E-state index contributed by atoms with van der Waals surface area (Å²) in [5.74, 6) is 0. The normalized spacial score (nSPS) is 24.2. The van der Waals surface area contributed by atoms with Crippen LogP contribution in [0.25, 0.3) is 0 Å². The van der Waals surface area contributed by atoms with Crippen molar-refractivity contribution in [3.63, 3.8) is 0 Å². The van der Waals surface area contributed by atoms with E-state index in [9.17, 15) is 0 Å². The molecule has 1 aliphatic rings. The average molecular weight is 188 g/mol. The first-order valence-corrected chi connectivity index (χ1v) is 7.31. The molecule has 0 N–H and O–H groups in total. The van der Waals surface area contributed by atoms with E-state index in [-0.39, 0.29) is 0 Å². The number of rotatable bonds is 4. The van der Waals surface area contributed by atoms with Crippen molar-refractivity contribution in [2.75, 3.05) is 13.7 Å². The van der Waals surface area contributed by atoms with Gasteiger partial charge in [-0.25, -0.2) is 0 Å². The van der Waals surface area contributed by atoms with Crippen LogP contribution >= 0.6 is 0 Å². The maximum Gasteiger partial charge on any atom is 0.337 e. The molecule has 1 aliphatic carbocycles. The predicted octanol–water partition coefficient (Wildman–Crippen LogP) is 2.69. The molecule has 1 unspecified atom stereocenters. The van der Waals surface area contributed by atoms with E-state index in [0.717, 1.165) is 12.1 Å². The van der Waals surface area contributed by atoms with Crippen molar-refractivity contribution in [1.82, 2.24) is 0 Å². The molecule has 0 heterocycles. The lowest BCUT2D eigenvalue weighted by atomic mass is 10.4. The van der Waals surface area contributed by atoms with Crippen LogP contribution in [0.5, 0.6) is 0 Å². The van der Waals surface area contributed by atoms with Gasteiger partial charge in [0.05, 0.1) is 0 Å². The van der Waals surface area contributed by atoms with Crippen LogP contribution in [0, 0.1) is 0 Å². The second kappa shape index (κ2) is 4.39. The zero-order valence-corrected chi connectivity index (χ0v) is 9.43. The monoisotopic (exact) mass is 188 g/mol.